The summed E-state index contributed by atoms with van der Waals surface area (Å²) in [6.45, 7) is 10.6. The summed E-state index contributed by atoms with van der Waals surface area (Å²) in [6, 6.07) is 0.704. The van der Waals surface area contributed by atoms with Gasteiger partial charge in [0.25, 0.3) is 0 Å². The highest BCUT2D eigenvalue weighted by atomic mass is 15.1. The molecule has 0 spiro atoms. The molecule has 108 valence electrons. The molecule has 2 fully saturated rings. The van der Waals surface area contributed by atoms with Crippen LogP contribution in [0.15, 0.2) is 0 Å². The third kappa shape index (κ3) is 5.14. The lowest BCUT2D eigenvalue weighted by atomic mass is 10.0. The van der Waals surface area contributed by atoms with E-state index in [9.17, 15) is 0 Å². The van der Waals surface area contributed by atoms with Gasteiger partial charge in [0.2, 0.25) is 0 Å². The fourth-order valence-electron chi connectivity index (χ4n) is 3.26. The van der Waals surface area contributed by atoms with E-state index in [1.54, 1.807) is 0 Å². The normalized spacial score (nSPS) is 24.4. The molecule has 0 radical (unpaired) electrons. The van der Waals surface area contributed by atoms with E-state index in [1.807, 2.05) is 0 Å². The molecule has 2 rings (SSSR count). The summed E-state index contributed by atoms with van der Waals surface area (Å²) in [5.74, 6) is 3.51. The van der Waals surface area contributed by atoms with Crippen LogP contribution < -0.4 is 5.32 Å². The van der Waals surface area contributed by atoms with Gasteiger partial charge in [-0.05, 0) is 51.2 Å². The molecule has 0 aromatic rings. The predicted molar refractivity (Wildman–Crippen MR) is 81.1 cm³/mol. The number of likely N-dealkylation sites (tertiary alicyclic amines) is 2. The molecule has 0 aromatic carbocycles. The molecule has 1 atom stereocenters. The van der Waals surface area contributed by atoms with Gasteiger partial charge in [0, 0.05) is 25.7 Å². The standard InChI is InChI=1S/C16H29N3/c1-3-8-18-11-6-16(7-12-18)17-13-15(2)14-19-9-4-5-10-19/h1,15-17H,4-14H2,2H3. The van der Waals surface area contributed by atoms with Gasteiger partial charge in [-0.15, -0.1) is 6.42 Å². The quantitative estimate of drug-likeness (QED) is 0.731. The third-order valence-electron chi connectivity index (χ3n) is 4.43. The summed E-state index contributed by atoms with van der Waals surface area (Å²) in [6.07, 6.45) is 10.6. The smallest absolute Gasteiger partial charge is 0.0598 e. The van der Waals surface area contributed by atoms with Crippen molar-refractivity contribution >= 4 is 0 Å². The van der Waals surface area contributed by atoms with Crippen LogP contribution in [0.25, 0.3) is 0 Å². The van der Waals surface area contributed by atoms with E-state index in [0.717, 1.165) is 32.1 Å². The largest absolute Gasteiger partial charge is 0.314 e. The Bertz CT molecular complexity index is 283. The summed E-state index contributed by atoms with van der Waals surface area (Å²) in [7, 11) is 0. The molecule has 0 bridgehead atoms. The maximum atomic E-state index is 5.36. The first-order valence-electron chi connectivity index (χ1n) is 7.89. The van der Waals surface area contributed by atoms with Gasteiger partial charge in [0.05, 0.1) is 6.54 Å². The second-order valence-electron chi connectivity index (χ2n) is 6.28. The van der Waals surface area contributed by atoms with Crippen LogP contribution in [0.1, 0.15) is 32.6 Å². The summed E-state index contributed by atoms with van der Waals surface area (Å²) in [4.78, 5) is 4.99. The van der Waals surface area contributed by atoms with Crippen molar-refractivity contribution in [2.24, 2.45) is 5.92 Å². The summed E-state index contributed by atoms with van der Waals surface area (Å²) < 4.78 is 0. The highest BCUT2D eigenvalue weighted by Gasteiger charge is 2.19. The zero-order valence-electron chi connectivity index (χ0n) is 12.4. The lowest BCUT2D eigenvalue weighted by Gasteiger charge is -2.32. The Morgan fingerprint density at radius 3 is 2.47 bits per heavy atom. The fraction of sp³-hybridized carbons (Fsp3) is 0.875. The number of hydrogen-bond donors (Lipinski definition) is 1. The molecule has 2 aliphatic rings. The average molecular weight is 263 g/mol. The van der Waals surface area contributed by atoms with E-state index in [-0.39, 0.29) is 0 Å². The Hall–Kier alpha value is -0.560. The van der Waals surface area contributed by atoms with Gasteiger partial charge in [0.1, 0.15) is 0 Å². The van der Waals surface area contributed by atoms with Crippen LogP contribution >= 0.6 is 0 Å². The Labute approximate surface area is 118 Å². The first-order valence-corrected chi connectivity index (χ1v) is 7.89. The van der Waals surface area contributed by atoms with Crippen LogP contribution in [-0.2, 0) is 0 Å². The number of hydrogen-bond acceptors (Lipinski definition) is 3. The molecule has 1 N–H and O–H groups in total. The molecule has 2 saturated heterocycles. The molecule has 0 amide bonds. The lowest BCUT2D eigenvalue weighted by Crippen LogP contribution is -2.44. The zero-order valence-corrected chi connectivity index (χ0v) is 12.4. The van der Waals surface area contributed by atoms with Crippen molar-refractivity contribution in [3.05, 3.63) is 0 Å². The Morgan fingerprint density at radius 1 is 1.16 bits per heavy atom. The van der Waals surface area contributed by atoms with Crippen LogP contribution in [0.2, 0.25) is 0 Å². The molecule has 2 heterocycles. The van der Waals surface area contributed by atoms with E-state index in [0.29, 0.717) is 6.04 Å². The zero-order chi connectivity index (χ0) is 13.5. The second kappa shape index (κ2) is 7.89. The van der Waals surface area contributed by atoms with Gasteiger partial charge in [-0.25, -0.2) is 0 Å². The van der Waals surface area contributed by atoms with Crippen LogP contribution in [-0.4, -0.2) is 61.7 Å². The monoisotopic (exact) mass is 263 g/mol. The van der Waals surface area contributed by atoms with E-state index >= 15 is 0 Å². The van der Waals surface area contributed by atoms with Gasteiger partial charge in [-0.2, -0.15) is 0 Å². The van der Waals surface area contributed by atoms with Crippen LogP contribution in [0.5, 0.6) is 0 Å². The Kier molecular flexibility index (Phi) is 6.16. The predicted octanol–water partition coefficient (Wildman–Crippen LogP) is 1.41. The van der Waals surface area contributed by atoms with Gasteiger partial charge in [-0.3, -0.25) is 4.90 Å². The number of nitrogens with zero attached hydrogens (tertiary/aromatic N) is 2. The van der Waals surface area contributed by atoms with Crippen molar-refractivity contribution < 1.29 is 0 Å². The SMILES string of the molecule is C#CCN1CCC(NCC(C)CN2CCCC2)CC1. The van der Waals surface area contributed by atoms with Crippen molar-refractivity contribution in [1.29, 1.82) is 0 Å². The summed E-state index contributed by atoms with van der Waals surface area (Å²) >= 11 is 0. The molecule has 3 heteroatoms. The second-order valence-corrected chi connectivity index (χ2v) is 6.28. The minimum absolute atomic E-state index is 0.704. The maximum Gasteiger partial charge on any atom is 0.0598 e. The molecule has 2 aliphatic heterocycles. The van der Waals surface area contributed by atoms with Crippen molar-refractivity contribution in [3.63, 3.8) is 0 Å². The van der Waals surface area contributed by atoms with Crippen molar-refractivity contribution in [3.8, 4) is 12.3 Å². The molecule has 3 nitrogen and oxygen atoms in total. The van der Waals surface area contributed by atoms with Gasteiger partial charge in [0.15, 0.2) is 0 Å². The molecule has 0 saturated carbocycles. The summed E-state index contributed by atoms with van der Waals surface area (Å²) in [5.41, 5.74) is 0. The Morgan fingerprint density at radius 2 is 1.84 bits per heavy atom. The van der Waals surface area contributed by atoms with Crippen molar-refractivity contribution in [1.82, 2.24) is 15.1 Å². The van der Waals surface area contributed by atoms with E-state index in [4.69, 9.17) is 6.42 Å². The number of rotatable bonds is 6. The highest BCUT2D eigenvalue weighted by molar-refractivity contribution is 4.90. The van der Waals surface area contributed by atoms with Gasteiger partial charge in [-0.1, -0.05) is 12.8 Å². The molecule has 19 heavy (non-hydrogen) atoms. The molecule has 1 unspecified atom stereocenters. The van der Waals surface area contributed by atoms with E-state index < -0.39 is 0 Å². The molecule has 0 aliphatic carbocycles. The topological polar surface area (TPSA) is 18.5 Å². The fourth-order valence-corrected chi connectivity index (χ4v) is 3.26. The van der Waals surface area contributed by atoms with Crippen LogP contribution in [0, 0.1) is 18.3 Å². The van der Waals surface area contributed by atoms with Crippen molar-refractivity contribution in [2.45, 2.75) is 38.6 Å². The average Bonchev–Trinajstić information content (AvgIpc) is 2.91. The minimum atomic E-state index is 0.704. The minimum Gasteiger partial charge on any atom is -0.314 e. The number of piperidine rings is 1. The van der Waals surface area contributed by atoms with Gasteiger partial charge >= 0.3 is 0 Å². The number of terminal acetylenes is 1. The summed E-state index contributed by atoms with van der Waals surface area (Å²) in [5, 5.41) is 3.75. The molecular weight excluding hydrogens is 234 g/mol. The third-order valence-corrected chi connectivity index (χ3v) is 4.43. The maximum absolute atomic E-state index is 5.36. The van der Waals surface area contributed by atoms with Crippen LogP contribution in [0.3, 0.4) is 0 Å². The first-order chi connectivity index (χ1) is 9.28. The van der Waals surface area contributed by atoms with E-state index in [1.165, 1.54) is 45.3 Å². The van der Waals surface area contributed by atoms with E-state index in [2.05, 4.69) is 28.0 Å². The highest BCUT2D eigenvalue weighted by Crippen LogP contribution is 2.12. The van der Waals surface area contributed by atoms with Crippen LogP contribution in [0.4, 0.5) is 0 Å². The first kappa shape index (κ1) is 14.8. The molecular formula is C16H29N3. The molecule has 0 aromatic heterocycles. The Balaban J connectivity index is 1.57. The van der Waals surface area contributed by atoms with Gasteiger partial charge < -0.3 is 10.2 Å². The number of nitrogens with one attached hydrogen (secondary N) is 1. The van der Waals surface area contributed by atoms with Crippen molar-refractivity contribution in [2.75, 3.05) is 45.8 Å². The lowest BCUT2D eigenvalue weighted by molar-refractivity contribution is 0.208.